The normalized spacial score (nSPS) is 14.0. The molecule has 1 atom stereocenters. The molecule has 0 amide bonds. The summed E-state index contributed by atoms with van der Waals surface area (Å²) in [6.07, 6.45) is -1.73. The summed E-state index contributed by atoms with van der Waals surface area (Å²) >= 11 is 0. The van der Waals surface area contributed by atoms with Crippen molar-refractivity contribution in [2.75, 3.05) is 19.1 Å². The summed E-state index contributed by atoms with van der Waals surface area (Å²) in [6, 6.07) is -0.207. The molecule has 1 unspecified atom stereocenters. The van der Waals surface area contributed by atoms with Crippen LogP contribution in [0.4, 0.5) is 13.2 Å². The fourth-order valence-electron chi connectivity index (χ4n) is 1.98. The van der Waals surface area contributed by atoms with Crippen LogP contribution in [0.3, 0.4) is 0 Å². The zero-order valence-electron chi connectivity index (χ0n) is 14.4. The third kappa shape index (κ3) is 8.74. The fourth-order valence-corrected chi connectivity index (χ4v) is 2.76. The standard InChI is InChI=1S/C13H22F3N5O2S.HI/c1-9(5-6-24(4,22)23)19-12(17-2)18-7-10-8-21(3)20-11(10)13(14,15)16;/h8-9H,5-7H2,1-4H3,(H2,17,18,19);1H. The topological polar surface area (TPSA) is 88.4 Å². The molecule has 1 aromatic heterocycles. The van der Waals surface area contributed by atoms with Crippen molar-refractivity contribution in [1.29, 1.82) is 0 Å². The number of hydrogen-bond donors (Lipinski definition) is 2. The highest BCUT2D eigenvalue weighted by Crippen LogP contribution is 2.30. The van der Waals surface area contributed by atoms with Gasteiger partial charge in [-0.25, -0.2) is 8.42 Å². The van der Waals surface area contributed by atoms with Crippen molar-refractivity contribution < 1.29 is 21.6 Å². The van der Waals surface area contributed by atoms with Gasteiger partial charge >= 0.3 is 6.18 Å². The number of alkyl halides is 3. The van der Waals surface area contributed by atoms with Crippen molar-refractivity contribution in [1.82, 2.24) is 20.4 Å². The third-order valence-electron chi connectivity index (χ3n) is 3.15. The maximum atomic E-state index is 12.9. The minimum atomic E-state index is -4.53. The molecule has 0 aromatic carbocycles. The number of halogens is 4. The van der Waals surface area contributed by atoms with E-state index in [-0.39, 0.29) is 53.8 Å². The van der Waals surface area contributed by atoms with Gasteiger partial charge in [-0.05, 0) is 13.3 Å². The highest BCUT2D eigenvalue weighted by Gasteiger charge is 2.36. The van der Waals surface area contributed by atoms with Crippen LogP contribution in [0.5, 0.6) is 0 Å². The van der Waals surface area contributed by atoms with Crippen molar-refractivity contribution in [2.45, 2.75) is 32.1 Å². The van der Waals surface area contributed by atoms with Crippen LogP contribution in [-0.4, -0.2) is 49.3 Å². The van der Waals surface area contributed by atoms with E-state index in [2.05, 4.69) is 20.7 Å². The van der Waals surface area contributed by atoms with E-state index in [0.29, 0.717) is 6.42 Å². The van der Waals surface area contributed by atoms with Gasteiger partial charge in [0.1, 0.15) is 9.84 Å². The van der Waals surface area contributed by atoms with E-state index in [1.807, 2.05) is 0 Å². The van der Waals surface area contributed by atoms with Gasteiger partial charge in [-0.1, -0.05) is 0 Å². The van der Waals surface area contributed by atoms with Gasteiger partial charge in [0, 0.05) is 44.7 Å². The number of rotatable bonds is 6. The number of sulfone groups is 1. The lowest BCUT2D eigenvalue weighted by Gasteiger charge is -2.17. The number of aliphatic imine (C=N–C) groups is 1. The first-order valence-electron chi connectivity index (χ1n) is 7.17. The first-order valence-corrected chi connectivity index (χ1v) is 9.23. The van der Waals surface area contributed by atoms with Crippen LogP contribution in [0, 0.1) is 0 Å². The summed E-state index contributed by atoms with van der Waals surface area (Å²) in [5.41, 5.74) is -0.949. The molecule has 0 radical (unpaired) electrons. The van der Waals surface area contributed by atoms with Crippen LogP contribution in [-0.2, 0) is 29.6 Å². The smallest absolute Gasteiger partial charge is 0.354 e. The quantitative estimate of drug-likeness (QED) is 0.354. The van der Waals surface area contributed by atoms with E-state index < -0.39 is 21.7 Å². The molecule has 0 aliphatic carbocycles. The Balaban J connectivity index is 0.00000576. The summed E-state index contributed by atoms with van der Waals surface area (Å²) in [6.45, 7) is 1.66. The van der Waals surface area contributed by atoms with E-state index in [9.17, 15) is 21.6 Å². The van der Waals surface area contributed by atoms with Gasteiger partial charge in [-0.15, -0.1) is 24.0 Å². The van der Waals surface area contributed by atoms with Gasteiger partial charge in [0.25, 0.3) is 0 Å². The average molecular weight is 497 g/mol. The monoisotopic (exact) mass is 497 g/mol. The number of nitrogens with zero attached hydrogens (tertiary/aromatic N) is 3. The molecule has 0 aliphatic heterocycles. The SMILES string of the molecule is CN=C(NCc1cn(C)nc1C(F)(F)F)NC(C)CCS(C)(=O)=O.I. The van der Waals surface area contributed by atoms with Gasteiger partial charge in [0.05, 0.1) is 5.75 Å². The first kappa shape index (κ1) is 23.9. The van der Waals surface area contributed by atoms with Crippen LogP contribution in [0.1, 0.15) is 24.6 Å². The van der Waals surface area contributed by atoms with Crippen molar-refractivity contribution in [2.24, 2.45) is 12.0 Å². The Morgan fingerprint density at radius 1 is 1.44 bits per heavy atom. The summed E-state index contributed by atoms with van der Waals surface area (Å²) < 4.78 is 62.0. The predicted octanol–water partition coefficient (Wildman–Crippen LogP) is 1.55. The predicted molar refractivity (Wildman–Crippen MR) is 101 cm³/mol. The Morgan fingerprint density at radius 3 is 2.52 bits per heavy atom. The summed E-state index contributed by atoms with van der Waals surface area (Å²) in [5.74, 6) is 0.298. The summed E-state index contributed by atoms with van der Waals surface area (Å²) in [5, 5.41) is 9.14. The lowest BCUT2D eigenvalue weighted by molar-refractivity contribution is -0.142. The first-order chi connectivity index (χ1) is 10.9. The molecule has 146 valence electrons. The lowest BCUT2D eigenvalue weighted by atomic mass is 10.2. The summed E-state index contributed by atoms with van der Waals surface area (Å²) in [4.78, 5) is 3.92. The second kappa shape index (κ2) is 9.59. The highest BCUT2D eigenvalue weighted by atomic mass is 127. The van der Waals surface area contributed by atoms with Gasteiger partial charge in [-0.3, -0.25) is 9.67 Å². The zero-order chi connectivity index (χ0) is 18.5. The van der Waals surface area contributed by atoms with Crippen LogP contribution < -0.4 is 10.6 Å². The molecular formula is C13H23F3IN5O2S. The van der Waals surface area contributed by atoms with Gasteiger partial charge in [0.2, 0.25) is 0 Å². The largest absolute Gasteiger partial charge is 0.435 e. The fraction of sp³-hybridized carbons (Fsp3) is 0.692. The molecule has 25 heavy (non-hydrogen) atoms. The number of nitrogens with one attached hydrogen (secondary N) is 2. The molecule has 2 N–H and O–H groups in total. The molecule has 0 bridgehead atoms. The van der Waals surface area contributed by atoms with Crippen molar-refractivity contribution in [3.63, 3.8) is 0 Å². The average Bonchev–Trinajstić information content (AvgIpc) is 2.81. The van der Waals surface area contributed by atoms with Crippen LogP contribution >= 0.6 is 24.0 Å². The number of aryl methyl sites for hydroxylation is 1. The number of aromatic nitrogens is 2. The maximum Gasteiger partial charge on any atom is 0.435 e. The molecule has 0 fully saturated rings. The molecule has 0 saturated heterocycles. The number of hydrogen-bond acceptors (Lipinski definition) is 4. The molecule has 1 rings (SSSR count). The molecule has 12 heteroatoms. The van der Waals surface area contributed by atoms with E-state index >= 15 is 0 Å². The van der Waals surface area contributed by atoms with Gasteiger partial charge in [0.15, 0.2) is 11.7 Å². The molecule has 7 nitrogen and oxygen atoms in total. The number of guanidine groups is 1. The van der Waals surface area contributed by atoms with E-state index in [0.717, 1.165) is 10.9 Å². The van der Waals surface area contributed by atoms with Gasteiger partial charge in [-0.2, -0.15) is 18.3 Å². The van der Waals surface area contributed by atoms with Crippen molar-refractivity contribution in [3.8, 4) is 0 Å². The molecule has 0 spiro atoms. The van der Waals surface area contributed by atoms with E-state index in [1.165, 1.54) is 20.3 Å². The molecule has 0 saturated carbocycles. The molecule has 1 heterocycles. The zero-order valence-corrected chi connectivity index (χ0v) is 17.5. The second-order valence-corrected chi connectivity index (χ2v) is 7.82. The summed E-state index contributed by atoms with van der Waals surface area (Å²) in [7, 11) is -0.178. The Hall–Kier alpha value is -1.05. The van der Waals surface area contributed by atoms with Crippen molar-refractivity contribution in [3.05, 3.63) is 17.5 Å². The van der Waals surface area contributed by atoms with Crippen molar-refractivity contribution >= 4 is 39.8 Å². The Kier molecular flexibility index (Phi) is 9.19. The maximum absolute atomic E-state index is 12.9. The second-order valence-electron chi connectivity index (χ2n) is 5.56. The highest BCUT2D eigenvalue weighted by molar-refractivity contribution is 14.0. The van der Waals surface area contributed by atoms with Gasteiger partial charge < -0.3 is 10.6 Å². The minimum Gasteiger partial charge on any atom is -0.354 e. The van der Waals surface area contributed by atoms with Crippen LogP contribution in [0.25, 0.3) is 0 Å². The molecule has 1 aromatic rings. The Labute approximate surface area is 162 Å². The Morgan fingerprint density at radius 2 is 2.04 bits per heavy atom. The van der Waals surface area contributed by atoms with E-state index in [4.69, 9.17) is 0 Å². The lowest BCUT2D eigenvalue weighted by Crippen LogP contribution is -2.42. The Bertz CT molecular complexity index is 688. The van der Waals surface area contributed by atoms with Crippen LogP contribution in [0.2, 0.25) is 0 Å². The molecule has 0 aliphatic rings. The van der Waals surface area contributed by atoms with Crippen LogP contribution in [0.15, 0.2) is 11.2 Å². The molecular weight excluding hydrogens is 474 g/mol. The third-order valence-corrected chi connectivity index (χ3v) is 4.13. The minimum absolute atomic E-state index is 0. The van der Waals surface area contributed by atoms with E-state index in [1.54, 1.807) is 6.92 Å².